The molecule has 200 valence electrons. The summed E-state index contributed by atoms with van der Waals surface area (Å²) in [5, 5.41) is 21.0. The molecule has 3 N–H and O–H groups in total. The Morgan fingerprint density at radius 1 is 1.21 bits per heavy atom. The summed E-state index contributed by atoms with van der Waals surface area (Å²) in [5.74, 6) is 0.443. The molecule has 1 saturated carbocycles. The molecule has 5 rings (SSSR count). The number of pyridine rings is 1. The van der Waals surface area contributed by atoms with Crippen molar-refractivity contribution in [3.63, 3.8) is 0 Å². The molecular weight excluding hydrogens is 514 g/mol. The zero-order chi connectivity index (χ0) is 27.2. The second-order valence-corrected chi connectivity index (χ2v) is 9.89. The number of nitrogens with zero attached hydrogens (tertiary/aromatic N) is 4. The van der Waals surface area contributed by atoms with Gasteiger partial charge in [0.2, 0.25) is 0 Å². The topological polar surface area (TPSA) is 127 Å². The standard InChI is InChI=1S/C28H29N7O3S/c1-37-21-8-6-18(7-9-21)14-30-15-19(13-29)28-33-25(17-39-28)27(36)32-24-16-35(20-11-22(12-20)38-2)34-26(24)23-5-3-4-10-31-23/h3-10,13,15-17,20,22,29-30H,11-12,14H2,1-2H3,(H,32,36)/b19-15+,29-13?. The number of nitrogens with one attached hydrogen (secondary N) is 3. The minimum Gasteiger partial charge on any atom is -0.497 e. The number of allylic oxidation sites excluding steroid dienone is 1. The summed E-state index contributed by atoms with van der Waals surface area (Å²) < 4.78 is 12.5. The van der Waals surface area contributed by atoms with Gasteiger partial charge >= 0.3 is 0 Å². The number of hydrogen-bond acceptors (Lipinski definition) is 9. The number of rotatable bonds is 11. The third-order valence-corrected chi connectivity index (χ3v) is 7.42. The van der Waals surface area contributed by atoms with Gasteiger partial charge in [-0.3, -0.25) is 14.5 Å². The van der Waals surface area contributed by atoms with Crippen molar-refractivity contribution < 1.29 is 14.3 Å². The number of methoxy groups -OCH3 is 2. The monoisotopic (exact) mass is 543 g/mol. The summed E-state index contributed by atoms with van der Waals surface area (Å²) in [6, 6.07) is 13.5. The molecule has 0 atom stereocenters. The Kier molecular flexibility index (Phi) is 8.09. The van der Waals surface area contributed by atoms with Gasteiger partial charge in [-0.05, 0) is 42.7 Å². The maximum atomic E-state index is 13.2. The first-order valence-electron chi connectivity index (χ1n) is 12.5. The van der Waals surface area contributed by atoms with Gasteiger partial charge in [0.15, 0.2) is 0 Å². The zero-order valence-electron chi connectivity index (χ0n) is 21.6. The van der Waals surface area contributed by atoms with Crippen LogP contribution in [0.4, 0.5) is 5.69 Å². The van der Waals surface area contributed by atoms with Crippen LogP contribution in [0.3, 0.4) is 0 Å². The van der Waals surface area contributed by atoms with Crippen molar-refractivity contribution in [1.82, 2.24) is 25.1 Å². The van der Waals surface area contributed by atoms with E-state index in [1.54, 1.807) is 32.0 Å². The van der Waals surface area contributed by atoms with Crippen molar-refractivity contribution in [2.24, 2.45) is 0 Å². The van der Waals surface area contributed by atoms with Crippen LogP contribution in [-0.2, 0) is 11.3 Å². The number of anilines is 1. The van der Waals surface area contributed by atoms with Gasteiger partial charge in [0, 0.05) is 49.4 Å². The number of hydrogen-bond donors (Lipinski definition) is 3. The van der Waals surface area contributed by atoms with Crippen molar-refractivity contribution in [1.29, 1.82) is 5.41 Å². The molecule has 0 saturated heterocycles. The maximum Gasteiger partial charge on any atom is 0.275 e. The molecule has 4 aromatic rings. The highest BCUT2D eigenvalue weighted by molar-refractivity contribution is 7.11. The molecule has 1 amide bonds. The quantitative estimate of drug-likeness (QED) is 0.232. The van der Waals surface area contributed by atoms with Crippen LogP contribution in [0.15, 0.2) is 66.4 Å². The molecule has 0 bridgehead atoms. The van der Waals surface area contributed by atoms with Gasteiger partial charge in [-0.2, -0.15) is 5.10 Å². The zero-order valence-corrected chi connectivity index (χ0v) is 22.4. The van der Waals surface area contributed by atoms with E-state index in [-0.39, 0.29) is 23.7 Å². The van der Waals surface area contributed by atoms with Gasteiger partial charge in [0.05, 0.1) is 30.6 Å². The fourth-order valence-corrected chi connectivity index (χ4v) is 4.98. The van der Waals surface area contributed by atoms with Crippen LogP contribution in [0.1, 0.15) is 39.9 Å². The molecule has 39 heavy (non-hydrogen) atoms. The van der Waals surface area contributed by atoms with Gasteiger partial charge in [0.25, 0.3) is 5.91 Å². The van der Waals surface area contributed by atoms with E-state index in [0.29, 0.717) is 34.2 Å². The molecule has 1 aliphatic rings. The number of amides is 1. The number of thiazole rings is 1. The Labute approximate surface area is 230 Å². The number of aromatic nitrogens is 4. The molecule has 10 nitrogen and oxygen atoms in total. The van der Waals surface area contributed by atoms with Crippen LogP contribution in [0.2, 0.25) is 0 Å². The summed E-state index contributed by atoms with van der Waals surface area (Å²) in [5.41, 5.74) is 3.75. The average Bonchev–Trinajstić information content (AvgIpc) is 3.59. The minimum atomic E-state index is -0.354. The molecule has 3 heterocycles. The first-order valence-corrected chi connectivity index (χ1v) is 13.3. The third kappa shape index (κ3) is 6.05. The Balaban J connectivity index is 1.29. The Hall–Kier alpha value is -4.35. The average molecular weight is 544 g/mol. The van der Waals surface area contributed by atoms with E-state index >= 15 is 0 Å². The maximum absolute atomic E-state index is 13.2. The summed E-state index contributed by atoms with van der Waals surface area (Å²) in [6.07, 6.45) is 8.46. The lowest BCUT2D eigenvalue weighted by molar-refractivity contribution is 0.00256. The Morgan fingerprint density at radius 3 is 2.72 bits per heavy atom. The number of carbonyl (C=O) groups excluding carboxylic acids is 1. The van der Waals surface area contributed by atoms with Gasteiger partial charge in [-0.1, -0.05) is 18.2 Å². The van der Waals surface area contributed by atoms with Crippen molar-refractivity contribution in [3.05, 3.63) is 82.7 Å². The highest BCUT2D eigenvalue weighted by atomic mass is 32.1. The fraction of sp³-hybridized carbons (Fsp3) is 0.250. The molecule has 1 fully saturated rings. The lowest BCUT2D eigenvalue weighted by Crippen LogP contribution is -2.32. The molecule has 0 spiro atoms. The molecule has 0 radical (unpaired) electrons. The molecule has 1 aliphatic carbocycles. The van der Waals surface area contributed by atoms with Crippen molar-refractivity contribution in [3.8, 4) is 17.1 Å². The normalized spacial score (nSPS) is 16.8. The van der Waals surface area contributed by atoms with E-state index in [1.807, 2.05) is 53.3 Å². The van der Waals surface area contributed by atoms with Crippen molar-refractivity contribution >= 4 is 34.7 Å². The SMILES string of the molecule is COc1ccc(CN/C=C(\C=N)c2nc(C(=O)Nc3cn(C4CC(OC)C4)nc3-c3ccccn3)cs2)cc1. The van der Waals surface area contributed by atoms with Crippen LogP contribution in [0.25, 0.3) is 17.0 Å². The van der Waals surface area contributed by atoms with E-state index in [1.165, 1.54) is 17.6 Å². The van der Waals surface area contributed by atoms with Crippen LogP contribution >= 0.6 is 11.3 Å². The molecule has 0 aliphatic heterocycles. The smallest absolute Gasteiger partial charge is 0.275 e. The lowest BCUT2D eigenvalue weighted by atomic mass is 9.89. The van der Waals surface area contributed by atoms with E-state index in [9.17, 15) is 4.79 Å². The summed E-state index contributed by atoms with van der Waals surface area (Å²) in [6.45, 7) is 0.576. The Bertz CT molecular complexity index is 1460. The largest absolute Gasteiger partial charge is 0.497 e. The predicted octanol–water partition coefficient (Wildman–Crippen LogP) is 4.79. The summed E-state index contributed by atoms with van der Waals surface area (Å²) >= 11 is 1.30. The molecule has 11 heteroatoms. The van der Waals surface area contributed by atoms with Gasteiger partial charge in [-0.25, -0.2) is 4.98 Å². The lowest BCUT2D eigenvalue weighted by Gasteiger charge is -2.34. The minimum absolute atomic E-state index is 0.208. The van der Waals surface area contributed by atoms with E-state index in [0.717, 1.165) is 24.2 Å². The third-order valence-electron chi connectivity index (χ3n) is 6.53. The van der Waals surface area contributed by atoms with Crippen molar-refractivity contribution in [2.45, 2.75) is 31.5 Å². The van der Waals surface area contributed by atoms with E-state index in [4.69, 9.17) is 20.0 Å². The Morgan fingerprint density at radius 2 is 2.03 bits per heavy atom. The van der Waals surface area contributed by atoms with Crippen LogP contribution < -0.4 is 15.4 Å². The predicted molar refractivity (Wildman–Crippen MR) is 151 cm³/mol. The molecular formula is C28H29N7O3S. The summed E-state index contributed by atoms with van der Waals surface area (Å²) in [4.78, 5) is 22.1. The number of carbonyl (C=O) groups is 1. The second-order valence-electron chi connectivity index (χ2n) is 9.03. The number of ether oxygens (including phenoxy) is 2. The first-order chi connectivity index (χ1) is 19.1. The number of benzene rings is 1. The first kappa shape index (κ1) is 26.3. The molecule has 1 aromatic carbocycles. The highest BCUT2D eigenvalue weighted by Gasteiger charge is 2.32. The van der Waals surface area contributed by atoms with Crippen molar-refractivity contribution in [2.75, 3.05) is 19.5 Å². The fourth-order valence-electron chi connectivity index (χ4n) is 4.19. The van der Waals surface area contributed by atoms with Gasteiger partial charge < -0.3 is 25.5 Å². The van der Waals surface area contributed by atoms with Gasteiger partial charge in [0.1, 0.15) is 22.1 Å². The van der Waals surface area contributed by atoms with E-state index < -0.39 is 0 Å². The van der Waals surface area contributed by atoms with Crippen LogP contribution in [0.5, 0.6) is 5.75 Å². The highest BCUT2D eigenvalue weighted by Crippen LogP contribution is 2.36. The van der Waals surface area contributed by atoms with Crippen LogP contribution in [0, 0.1) is 5.41 Å². The molecule has 0 unspecified atom stereocenters. The van der Waals surface area contributed by atoms with E-state index in [2.05, 4.69) is 20.6 Å². The summed E-state index contributed by atoms with van der Waals surface area (Å²) in [7, 11) is 3.35. The second kappa shape index (κ2) is 12.0. The molecule has 3 aromatic heterocycles. The van der Waals surface area contributed by atoms with Gasteiger partial charge in [-0.15, -0.1) is 11.3 Å². The van der Waals surface area contributed by atoms with Crippen LogP contribution in [-0.4, -0.2) is 52.2 Å².